The first-order chi connectivity index (χ1) is 22.9. The fourth-order valence-electron chi connectivity index (χ4n) is 5.89. The molecule has 0 spiro atoms. The molecule has 2 aliphatic rings. The number of amides is 2. The minimum absolute atomic E-state index is 0. The van der Waals surface area contributed by atoms with Crippen LogP contribution in [0.3, 0.4) is 0 Å². The van der Waals surface area contributed by atoms with E-state index in [2.05, 4.69) is 25.4 Å². The first-order valence-electron chi connectivity index (χ1n) is 15.0. The Kier molecular flexibility index (Phi) is 10.1. The van der Waals surface area contributed by atoms with Crippen molar-refractivity contribution >= 4 is 17.9 Å². The number of hydrogen-bond acceptors (Lipinski definition) is 11. The molecule has 0 saturated carbocycles. The molecule has 4 atom stereocenters. The first-order valence-corrected chi connectivity index (χ1v) is 15.0. The van der Waals surface area contributed by atoms with Crippen LogP contribution >= 0.6 is 0 Å². The molecule has 262 valence electrons. The number of carbonyl (C=O) groups excluding carboxylic acids is 2. The van der Waals surface area contributed by atoms with Crippen LogP contribution in [-0.2, 0) is 31.1 Å². The lowest BCUT2D eigenvalue weighted by atomic mass is 9.85. The lowest BCUT2D eigenvalue weighted by Gasteiger charge is -2.38. The maximum absolute atomic E-state index is 15.4. The summed E-state index contributed by atoms with van der Waals surface area (Å²) in [5, 5.41) is 27.8. The molecule has 2 amide bonds. The summed E-state index contributed by atoms with van der Waals surface area (Å²) >= 11 is 0. The normalized spacial score (nSPS) is 19.7. The summed E-state index contributed by atoms with van der Waals surface area (Å²) < 4.78 is 55.3. The number of aromatic nitrogens is 7. The Bertz CT molecular complexity index is 1780. The molecule has 16 nitrogen and oxygen atoms in total. The van der Waals surface area contributed by atoms with Crippen molar-refractivity contribution < 1.29 is 59.5 Å². The number of anilines is 1. The second kappa shape index (κ2) is 14.0. The van der Waals surface area contributed by atoms with Crippen LogP contribution in [0.5, 0.6) is 0 Å². The third-order valence-electron chi connectivity index (χ3n) is 8.40. The monoisotopic (exact) mass is 705 g/mol. The number of rotatable bonds is 10. The fraction of sp³-hybridized carbons (Fsp3) is 0.433. The maximum Gasteiger partial charge on any atom is 0.511 e. The molecule has 2 fully saturated rings. The lowest BCUT2D eigenvalue weighted by Crippen LogP contribution is -3.00. The summed E-state index contributed by atoms with van der Waals surface area (Å²) in [7, 11) is 1.16. The number of benzene rings is 2. The lowest BCUT2D eigenvalue weighted by molar-refractivity contribution is -0.765. The molecular weight excluding hydrogens is 672 g/mol. The maximum atomic E-state index is 15.4. The standard InChI is InChI=1S/C30H34F2N9O7.ClH/c1-19(39-11-12-40(27(39)42)21-6-8-22(9-7-21)41-16-33-35-36-41)30(44,23-10-5-20(31)13-24(23)32)15-38-18-37(17-34-38)26(47-28(43)45-4)25-14-46-29(2,3)48-25;/h5-10,13,16-19,25-26,44H,11-12,14-15H2,1-4H3;1H/q+1;/p-1/t19-,25+,26?,30-;/m1./s1. The van der Waals surface area contributed by atoms with E-state index in [1.807, 2.05) is 0 Å². The van der Waals surface area contributed by atoms with Gasteiger partial charge in [-0.3, -0.25) is 4.90 Å². The Morgan fingerprint density at radius 3 is 2.53 bits per heavy atom. The van der Waals surface area contributed by atoms with E-state index in [4.69, 9.17) is 14.2 Å². The predicted octanol–water partition coefficient (Wildman–Crippen LogP) is -0.920. The van der Waals surface area contributed by atoms with Gasteiger partial charge in [-0.2, -0.15) is 4.57 Å². The number of aliphatic hydroxyl groups is 1. The highest BCUT2D eigenvalue weighted by molar-refractivity contribution is 5.94. The molecular formula is C30H34ClF2N9O7. The van der Waals surface area contributed by atoms with Crippen molar-refractivity contribution in [3.63, 3.8) is 0 Å². The molecule has 19 heteroatoms. The highest BCUT2D eigenvalue weighted by Crippen LogP contribution is 2.35. The van der Waals surface area contributed by atoms with Gasteiger partial charge in [0.25, 0.3) is 12.6 Å². The first kappa shape index (κ1) is 35.5. The molecule has 6 rings (SSSR count). The molecule has 1 N–H and O–H groups in total. The van der Waals surface area contributed by atoms with Gasteiger partial charge in [0.2, 0.25) is 6.33 Å². The van der Waals surface area contributed by atoms with Gasteiger partial charge >= 0.3 is 12.2 Å². The van der Waals surface area contributed by atoms with E-state index in [9.17, 15) is 19.1 Å². The average Bonchev–Trinajstić information content (AvgIpc) is 3.88. The van der Waals surface area contributed by atoms with Crippen molar-refractivity contribution in [1.82, 2.24) is 34.8 Å². The molecule has 1 unspecified atom stereocenters. The van der Waals surface area contributed by atoms with Crippen LogP contribution in [0.4, 0.5) is 24.1 Å². The van der Waals surface area contributed by atoms with Gasteiger partial charge in [-0.05, 0) is 66.6 Å². The van der Waals surface area contributed by atoms with Crippen LogP contribution in [0.2, 0.25) is 0 Å². The molecule has 2 saturated heterocycles. The number of urea groups is 1. The van der Waals surface area contributed by atoms with Crippen LogP contribution in [0.1, 0.15) is 32.6 Å². The minimum atomic E-state index is -2.12. The van der Waals surface area contributed by atoms with Crippen LogP contribution in [0.15, 0.2) is 61.4 Å². The number of ether oxygens (including phenoxy) is 4. The summed E-state index contributed by atoms with van der Waals surface area (Å²) in [6.07, 6.45) is 1.39. The summed E-state index contributed by atoms with van der Waals surface area (Å²) in [5.74, 6) is -2.78. The highest BCUT2D eigenvalue weighted by atomic mass is 35.5. The molecule has 0 radical (unpaired) electrons. The molecule has 0 aliphatic carbocycles. The summed E-state index contributed by atoms with van der Waals surface area (Å²) in [5.41, 5.74) is -1.08. The molecule has 2 aliphatic heterocycles. The van der Waals surface area contributed by atoms with E-state index in [1.54, 1.807) is 45.0 Å². The van der Waals surface area contributed by atoms with Gasteiger partial charge in [0.05, 0.1) is 25.4 Å². The molecule has 4 aromatic rings. The molecule has 0 bridgehead atoms. The van der Waals surface area contributed by atoms with E-state index in [0.717, 1.165) is 19.2 Å². The molecule has 49 heavy (non-hydrogen) atoms. The second-order valence-corrected chi connectivity index (χ2v) is 11.8. The largest absolute Gasteiger partial charge is 1.00 e. The quantitative estimate of drug-likeness (QED) is 0.160. The van der Waals surface area contributed by atoms with Crippen molar-refractivity contribution in [3.8, 4) is 5.69 Å². The topological polar surface area (TPSA) is 163 Å². The summed E-state index contributed by atoms with van der Waals surface area (Å²) in [6, 6.07) is 8.36. The van der Waals surface area contributed by atoms with Crippen molar-refractivity contribution in [1.29, 1.82) is 0 Å². The van der Waals surface area contributed by atoms with Crippen LogP contribution in [-0.4, -0.2) is 96.8 Å². The predicted molar refractivity (Wildman–Crippen MR) is 158 cm³/mol. The number of nitrogens with zero attached hydrogens (tertiary/aromatic N) is 9. The molecule has 4 heterocycles. The van der Waals surface area contributed by atoms with Gasteiger partial charge in [-0.15, -0.1) is 9.78 Å². The number of halogens is 3. The van der Waals surface area contributed by atoms with Crippen LogP contribution in [0, 0.1) is 11.6 Å². The van der Waals surface area contributed by atoms with E-state index in [1.165, 1.54) is 42.7 Å². The highest BCUT2D eigenvalue weighted by Gasteiger charge is 2.49. The van der Waals surface area contributed by atoms with E-state index in [0.29, 0.717) is 17.4 Å². The fourth-order valence-corrected chi connectivity index (χ4v) is 5.89. The third kappa shape index (κ3) is 7.17. The smallest absolute Gasteiger partial charge is 0.511 e. The van der Waals surface area contributed by atoms with Gasteiger partial charge in [0.1, 0.15) is 24.5 Å². The van der Waals surface area contributed by atoms with Crippen LogP contribution < -0.4 is 22.0 Å². The zero-order chi connectivity index (χ0) is 34.2. The van der Waals surface area contributed by atoms with Crippen molar-refractivity contribution in [2.24, 2.45) is 0 Å². The Morgan fingerprint density at radius 2 is 1.90 bits per heavy atom. The van der Waals surface area contributed by atoms with E-state index >= 15 is 4.39 Å². The number of carbonyl (C=O) groups is 2. The van der Waals surface area contributed by atoms with Gasteiger partial charge in [0, 0.05) is 30.4 Å². The Labute approximate surface area is 285 Å². The van der Waals surface area contributed by atoms with Gasteiger partial charge in [-0.1, -0.05) is 6.07 Å². The van der Waals surface area contributed by atoms with Gasteiger partial charge < -0.3 is 41.4 Å². The Morgan fingerprint density at radius 1 is 1.16 bits per heavy atom. The van der Waals surface area contributed by atoms with Gasteiger partial charge in [-0.25, -0.2) is 23.1 Å². The number of methoxy groups -OCH3 is 1. The molecule has 2 aromatic carbocycles. The van der Waals surface area contributed by atoms with Gasteiger partial charge in [0.15, 0.2) is 17.5 Å². The summed E-state index contributed by atoms with van der Waals surface area (Å²) in [4.78, 5) is 28.9. The van der Waals surface area contributed by atoms with Crippen molar-refractivity contribution in [3.05, 3.63) is 78.6 Å². The van der Waals surface area contributed by atoms with E-state index < -0.39 is 53.6 Å². The SMILES string of the molecule is COC(=O)OC([C@@H]1COC(C)(C)O1)n1cn[n+](C[C@](O)(c2ccc(F)cc2F)[C@@H](C)N2CCN(c3ccc(-n4cnnn4)cc3)C2=O)c1.[Cl-]. The average molecular weight is 706 g/mol. The number of hydrogen-bond donors (Lipinski definition) is 1. The van der Waals surface area contributed by atoms with Crippen molar-refractivity contribution in [2.75, 3.05) is 31.7 Å². The Hall–Kier alpha value is -4.78. The minimum Gasteiger partial charge on any atom is -1.00 e. The molecule has 2 aromatic heterocycles. The summed E-state index contributed by atoms with van der Waals surface area (Å²) in [6.45, 7) is 5.18. The second-order valence-electron chi connectivity index (χ2n) is 11.8. The zero-order valence-corrected chi connectivity index (χ0v) is 27.6. The third-order valence-corrected chi connectivity index (χ3v) is 8.40. The van der Waals surface area contributed by atoms with E-state index in [-0.39, 0.29) is 44.2 Å². The Balaban J connectivity index is 0.00000468. The van der Waals surface area contributed by atoms with Crippen LogP contribution in [0.25, 0.3) is 5.69 Å². The van der Waals surface area contributed by atoms with Crippen molar-refractivity contribution in [2.45, 2.75) is 57.1 Å². The zero-order valence-electron chi connectivity index (χ0n) is 26.9. The number of tetrazole rings is 1.